The van der Waals surface area contributed by atoms with Crippen molar-refractivity contribution in [2.45, 2.75) is 52.6 Å². The molecule has 0 fully saturated rings. The molecule has 0 radical (unpaired) electrons. The zero-order chi connectivity index (χ0) is 14.3. The van der Waals surface area contributed by atoms with E-state index in [0.717, 1.165) is 55.4 Å². The average Bonchev–Trinajstić information content (AvgIpc) is 2.69. The number of aromatic nitrogens is 2. The predicted molar refractivity (Wildman–Crippen MR) is 79.9 cm³/mol. The first kappa shape index (κ1) is 16.5. The molecule has 1 heterocycles. The summed E-state index contributed by atoms with van der Waals surface area (Å²) in [5.74, 6) is 0. The summed E-state index contributed by atoms with van der Waals surface area (Å²) in [6.45, 7) is 8.86. The maximum Gasteiger partial charge on any atom is 0.0847 e. The molecule has 1 rings (SSSR count). The number of halogens is 1. The first-order valence-corrected chi connectivity index (χ1v) is 7.45. The monoisotopic (exact) mass is 287 g/mol. The van der Waals surface area contributed by atoms with Crippen molar-refractivity contribution in [1.82, 2.24) is 15.1 Å². The molecule has 1 aromatic rings. The summed E-state index contributed by atoms with van der Waals surface area (Å²) in [6.07, 6.45) is 3.01. The summed E-state index contributed by atoms with van der Waals surface area (Å²) in [5, 5.41) is 8.84. The van der Waals surface area contributed by atoms with Gasteiger partial charge < -0.3 is 10.1 Å². The van der Waals surface area contributed by atoms with Crippen molar-refractivity contribution in [3.05, 3.63) is 16.4 Å². The molecule has 1 atom stereocenters. The summed E-state index contributed by atoms with van der Waals surface area (Å²) in [6, 6.07) is 0.388. The summed E-state index contributed by atoms with van der Waals surface area (Å²) in [7, 11) is 1.74. The number of methoxy groups -OCH3 is 1. The van der Waals surface area contributed by atoms with Crippen LogP contribution in [-0.4, -0.2) is 36.1 Å². The largest absolute Gasteiger partial charge is 0.385 e. The van der Waals surface area contributed by atoms with Crippen LogP contribution in [0.5, 0.6) is 0 Å². The molecule has 5 heteroatoms. The van der Waals surface area contributed by atoms with Crippen LogP contribution in [0.25, 0.3) is 0 Å². The van der Waals surface area contributed by atoms with Gasteiger partial charge >= 0.3 is 0 Å². The van der Waals surface area contributed by atoms with Crippen LogP contribution in [0, 0.1) is 6.92 Å². The van der Waals surface area contributed by atoms with Gasteiger partial charge in [0.1, 0.15) is 0 Å². The topological polar surface area (TPSA) is 39.1 Å². The number of nitrogens with zero attached hydrogens (tertiary/aromatic N) is 2. The summed E-state index contributed by atoms with van der Waals surface area (Å²) < 4.78 is 7.19. The zero-order valence-corrected chi connectivity index (χ0v) is 13.3. The highest BCUT2D eigenvalue weighted by Crippen LogP contribution is 2.22. The van der Waals surface area contributed by atoms with Crippen molar-refractivity contribution in [2.75, 3.05) is 20.3 Å². The van der Waals surface area contributed by atoms with Gasteiger partial charge in [-0.15, -0.1) is 0 Å². The van der Waals surface area contributed by atoms with Crippen LogP contribution in [0.3, 0.4) is 0 Å². The smallest absolute Gasteiger partial charge is 0.0847 e. The molecule has 1 unspecified atom stereocenters. The van der Waals surface area contributed by atoms with Gasteiger partial charge in [-0.05, 0) is 33.2 Å². The van der Waals surface area contributed by atoms with Gasteiger partial charge in [0.25, 0.3) is 0 Å². The Bertz CT molecular complexity index is 371. The van der Waals surface area contributed by atoms with Crippen molar-refractivity contribution >= 4 is 11.6 Å². The Kier molecular flexibility index (Phi) is 7.42. The van der Waals surface area contributed by atoms with Gasteiger partial charge in [-0.1, -0.05) is 18.5 Å². The Morgan fingerprint density at radius 3 is 2.74 bits per heavy atom. The van der Waals surface area contributed by atoms with E-state index >= 15 is 0 Å². The van der Waals surface area contributed by atoms with Crippen LogP contribution in [0.15, 0.2) is 0 Å². The maximum atomic E-state index is 6.36. The van der Waals surface area contributed by atoms with Gasteiger partial charge in [0, 0.05) is 32.7 Å². The Balaban J connectivity index is 2.76. The quantitative estimate of drug-likeness (QED) is 0.759. The standard InChI is InChI=1S/C14H26ClN3O/c1-5-8-16-12(7-9-19-4)10-13-14(15)11(3)17-18(13)6-2/h12,16H,5-10H2,1-4H3. The lowest BCUT2D eigenvalue weighted by molar-refractivity contribution is 0.182. The van der Waals surface area contributed by atoms with Crippen molar-refractivity contribution in [1.29, 1.82) is 0 Å². The van der Waals surface area contributed by atoms with Crippen LogP contribution in [-0.2, 0) is 17.7 Å². The van der Waals surface area contributed by atoms with Crippen LogP contribution in [0.2, 0.25) is 5.02 Å². The Labute approximate surface area is 121 Å². The Morgan fingerprint density at radius 2 is 2.16 bits per heavy atom. The maximum absolute atomic E-state index is 6.36. The van der Waals surface area contributed by atoms with Crippen molar-refractivity contribution in [2.24, 2.45) is 0 Å². The van der Waals surface area contributed by atoms with Crippen LogP contribution < -0.4 is 5.32 Å². The zero-order valence-electron chi connectivity index (χ0n) is 12.5. The van der Waals surface area contributed by atoms with E-state index in [-0.39, 0.29) is 0 Å². The molecule has 0 saturated carbocycles. The van der Waals surface area contributed by atoms with Crippen LogP contribution in [0.4, 0.5) is 0 Å². The second kappa shape index (κ2) is 8.56. The van der Waals surface area contributed by atoms with E-state index in [1.165, 1.54) is 0 Å². The first-order chi connectivity index (χ1) is 9.13. The lowest BCUT2D eigenvalue weighted by Crippen LogP contribution is -2.33. The minimum absolute atomic E-state index is 0.388. The van der Waals surface area contributed by atoms with Crippen molar-refractivity contribution < 1.29 is 4.74 Å². The lowest BCUT2D eigenvalue weighted by atomic mass is 10.1. The highest BCUT2D eigenvalue weighted by atomic mass is 35.5. The number of nitrogens with one attached hydrogen (secondary N) is 1. The van der Waals surface area contributed by atoms with Gasteiger partial charge in [0.2, 0.25) is 0 Å². The molecule has 0 aromatic carbocycles. The minimum atomic E-state index is 0.388. The average molecular weight is 288 g/mol. The highest BCUT2D eigenvalue weighted by Gasteiger charge is 2.17. The molecular weight excluding hydrogens is 262 g/mol. The normalized spacial score (nSPS) is 12.9. The molecule has 0 aliphatic rings. The molecule has 0 amide bonds. The molecule has 4 nitrogen and oxygen atoms in total. The predicted octanol–water partition coefficient (Wildman–Crippen LogP) is 2.81. The molecule has 0 bridgehead atoms. The van der Waals surface area contributed by atoms with E-state index in [1.807, 2.05) is 11.6 Å². The molecule has 1 aromatic heterocycles. The summed E-state index contributed by atoms with van der Waals surface area (Å²) in [5.41, 5.74) is 2.05. The highest BCUT2D eigenvalue weighted by molar-refractivity contribution is 6.31. The SMILES string of the molecule is CCCNC(CCOC)Cc1c(Cl)c(C)nn1CC. The third kappa shape index (κ3) is 4.79. The Morgan fingerprint density at radius 1 is 1.42 bits per heavy atom. The van der Waals surface area contributed by atoms with E-state index in [1.54, 1.807) is 7.11 Å². The fraction of sp³-hybridized carbons (Fsp3) is 0.786. The number of hydrogen-bond donors (Lipinski definition) is 1. The van der Waals surface area contributed by atoms with E-state index in [2.05, 4.69) is 24.3 Å². The fourth-order valence-corrected chi connectivity index (χ4v) is 2.39. The number of ether oxygens (including phenoxy) is 1. The van der Waals surface area contributed by atoms with Crippen molar-refractivity contribution in [3.63, 3.8) is 0 Å². The van der Waals surface area contributed by atoms with Gasteiger partial charge in [0.05, 0.1) is 16.4 Å². The number of hydrogen-bond acceptors (Lipinski definition) is 3. The van der Waals surface area contributed by atoms with E-state index < -0.39 is 0 Å². The van der Waals surface area contributed by atoms with E-state index in [0.29, 0.717) is 6.04 Å². The van der Waals surface area contributed by atoms with Gasteiger partial charge in [-0.25, -0.2) is 0 Å². The third-order valence-electron chi connectivity index (χ3n) is 3.25. The van der Waals surface area contributed by atoms with Gasteiger partial charge in [-0.2, -0.15) is 5.10 Å². The third-order valence-corrected chi connectivity index (χ3v) is 3.74. The minimum Gasteiger partial charge on any atom is -0.385 e. The molecule has 0 spiro atoms. The summed E-state index contributed by atoms with van der Waals surface area (Å²) >= 11 is 6.36. The molecule has 110 valence electrons. The van der Waals surface area contributed by atoms with Crippen LogP contribution in [0.1, 0.15) is 38.1 Å². The Hall–Kier alpha value is -0.580. The number of aryl methyl sites for hydroxylation is 2. The molecule has 0 saturated heterocycles. The lowest BCUT2D eigenvalue weighted by Gasteiger charge is -2.19. The van der Waals surface area contributed by atoms with Gasteiger partial charge in [0.15, 0.2) is 0 Å². The van der Waals surface area contributed by atoms with E-state index in [4.69, 9.17) is 16.3 Å². The van der Waals surface area contributed by atoms with Crippen molar-refractivity contribution in [3.8, 4) is 0 Å². The summed E-state index contributed by atoms with van der Waals surface area (Å²) in [4.78, 5) is 0. The number of rotatable bonds is 9. The first-order valence-electron chi connectivity index (χ1n) is 7.08. The molecule has 19 heavy (non-hydrogen) atoms. The second-order valence-corrected chi connectivity index (χ2v) is 5.18. The second-order valence-electron chi connectivity index (χ2n) is 4.80. The molecule has 1 N–H and O–H groups in total. The fourth-order valence-electron chi connectivity index (χ4n) is 2.18. The van der Waals surface area contributed by atoms with E-state index in [9.17, 15) is 0 Å². The van der Waals surface area contributed by atoms with Crippen LogP contribution >= 0.6 is 11.6 Å². The molecule has 0 aliphatic carbocycles. The van der Waals surface area contributed by atoms with Gasteiger partial charge in [-0.3, -0.25) is 4.68 Å². The molecule has 0 aliphatic heterocycles. The molecular formula is C14H26ClN3O.